The van der Waals surface area contributed by atoms with E-state index in [4.69, 9.17) is 26.1 Å². The number of hydrogen-bond donors (Lipinski definition) is 0. The molecule has 0 N–H and O–H groups in total. The van der Waals surface area contributed by atoms with Crippen LogP contribution in [-0.4, -0.2) is 25.4 Å². The van der Waals surface area contributed by atoms with E-state index in [1.54, 1.807) is 31.8 Å². The summed E-state index contributed by atoms with van der Waals surface area (Å²) in [6.45, 7) is 0. The molecule has 1 heterocycles. The number of hydrogen-bond acceptors (Lipinski definition) is 5. The molecule has 4 rings (SSSR count). The second kappa shape index (κ2) is 9.11. The maximum absolute atomic E-state index is 6.07. The van der Waals surface area contributed by atoms with Gasteiger partial charge in [-0.15, -0.1) is 0 Å². The first-order chi connectivity index (χ1) is 14.7. The van der Waals surface area contributed by atoms with Gasteiger partial charge in [0.25, 0.3) is 0 Å². The molecule has 0 saturated heterocycles. The molecule has 0 bridgehead atoms. The van der Waals surface area contributed by atoms with Gasteiger partial charge in [-0.2, -0.15) is 0 Å². The molecule has 3 aromatic carbocycles. The highest BCUT2D eigenvalue weighted by molar-refractivity contribution is 7.19. The first kappa shape index (κ1) is 20.1. The van der Waals surface area contributed by atoms with Crippen LogP contribution >= 0.6 is 22.9 Å². The molecule has 4 aromatic rings. The summed E-state index contributed by atoms with van der Waals surface area (Å²) in [6.07, 6.45) is 1.75. The van der Waals surface area contributed by atoms with Crippen LogP contribution in [0.15, 0.2) is 77.8 Å². The highest BCUT2D eigenvalue weighted by atomic mass is 35.5. The molecule has 1 aromatic heterocycles. The molecule has 150 valence electrons. The number of rotatable bonds is 6. The molecule has 0 unspecified atom stereocenters. The summed E-state index contributed by atoms with van der Waals surface area (Å²) in [5.41, 5.74) is 3.80. The van der Waals surface area contributed by atoms with E-state index in [1.807, 2.05) is 60.7 Å². The Morgan fingerprint density at radius 2 is 1.67 bits per heavy atom. The molecule has 0 spiro atoms. The van der Waals surface area contributed by atoms with Gasteiger partial charge >= 0.3 is 0 Å². The predicted molar refractivity (Wildman–Crippen MR) is 125 cm³/mol. The number of aliphatic imine (C=N–C) groups is 1. The van der Waals surface area contributed by atoms with Gasteiger partial charge < -0.3 is 9.47 Å². The zero-order chi connectivity index (χ0) is 20.9. The van der Waals surface area contributed by atoms with E-state index in [0.717, 1.165) is 38.8 Å². The van der Waals surface area contributed by atoms with Crippen LogP contribution in [0.1, 0.15) is 5.56 Å². The van der Waals surface area contributed by atoms with Gasteiger partial charge in [-0.25, -0.2) is 9.98 Å². The smallest absolute Gasteiger partial charge is 0.210 e. The molecule has 4 nitrogen and oxygen atoms in total. The van der Waals surface area contributed by atoms with Crippen LogP contribution in [0.3, 0.4) is 0 Å². The second-order valence-corrected chi connectivity index (χ2v) is 7.83. The molecule has 0 aliphatic rings. The van der Waals surface area contributed by atoms with Crippen molar-refractivity contribution in [3.8, 4) is 33.2 Å². The Kier molecular flexibility index (Phi) is 6.12. The molecule has 0 fully saturated rings. The molecule has 0 aliphatic heterocycles. The highest BCUT2D eigenvalue weighted by Crippen LogP contribution is 2.40. The molecule has 6 heteroatoms. The number of ether oxygens (including phenoxy) is 2. The van der Waals surface area contributed by atoms with Crippen LogP contribution < -0.4 is 9.47 Å². The fourth-order valence-electron chi connectivity index (χ4n) is 3.02. The van der Waals surface area contributed by atoms with Crippen LogP contribution in [0, 0.1) is 0 Å². The van der Waals surface area contributed by atoms with Gasteiger partial charge in [0.05, 0.1) is 24.8 Å². The zero-order valence-electron chi connectivity index (χ0n) is 16.5. The Labute approximate surface area is 184 Å². The van der Waals surface area contributed by atoms with Gasteiger partial charge in [0.2, 0.25) is 5.13 Å². The molecule has 0 radical (unpaired) electrons. The van der Waals surface area contributed by atoms with Gasteiger partial charge in [-0.05, 0) is 35.9 Å². The Balaban J connectivity index is 1.76. The lowest BCUT2D eigenvalue weighted by Crippen LogP contribution is -1.92. The van der Waals surface area contributed by atoms with Crippen LogP contribution in [0.2, 0.25) is 5.02 Å². The van der Waals surface area contributed by atoms with Crippen molar-refractivity contribution < 1.29 is 9.47 Å². The largest absolute Gasteiger partial charge is 0.497 e. The third-order valence-electron chi connectivity index (χ3n) is 4.52. The van der Waals surface area contributed by atoms with E-state index >= 15 is 0 Å². The van der Waals surface area contributed by atoms with Crippen molar-refractivity contribution in [2.45, 2.75) is 0 Å². The molecular weight excluding hydrogens is 416 g/mol. The predicted octanol–water partition coefficient (Wildman–Crippen LogP) is 6.90. The van der Waals surface area contributed by atoms with Gasteiger partial charge in [0.1, 0.15) is 11.5 Å². The summed E-state index contributed by atoms with van der Waals surface area (Å²) in [7, 11) is 3.27. The van der Waals surface area contributed by atoms with E-state index in [2.05, 4.69) is 17.1 Å². The monoisotopic (exact) mass is 434 g/mol. The van der Waals surface area contributed by atoms with Crippen LogP contribution in [0.5, 0.6) is 11.5 Å². The highest BCUT2D eigenvalue weighted by Gasteiger charge is 2.15. The molecule has 0 atom stereocenters. The van der Waals surface area contributed by atoms with Gasteiger partial charge in [0, 0.05) is 22.4 Å². The number of benzene rings is 3. The fraction of sp³-hybridized carbons (Fsp3) is 0.0833. The first-order valence-corrected chi connectivity index (χ1v) is 10.5. The Hall–Kier alpha value is -3.15. The Morgan fingerprint density at radius 3 is 2.37 bits per heavy atom. The maximum atomic E-state index is 6.07. The lowest BCUT2D eigenvalue weighted by atomic mass is 10.1. The van der Waals surface area contributed by atoms with Crippen molar-refractivity contribution in [2.24, 2.45) is 4.99 Å². The molecule has 30 heavy (non-hydrogen) atoms. The second-order valence-electron chi connectivity index (χ2n) is 6.41. The van der Waals surface area contributed by atoms with E-state index in [1.165, 1.54) is 0 Å². The Morgan fingerprint density at radius 1 is 0.900 bits per heavy atom. The summed E-state index contributed by atoms with van der Waals surface area (Å²) in [5, 5.41) is 1.35. The van der Waals surface area contributed by atoms with Crippen LogP contribution in [-0.2, 0) is 0 Å². The first-order valence-electron chi connectivity index (χ1n) is 9.26. The average Bonchev–Trinajstić information content (AvgIpc) is 3.23. The Bertz CT molecular complexity index is 1170. The van der Waals surface area contributed by atoms with E-state index in [9.17, 15) is 0 Å². The zero-order valence-corrected chi connectivity index (χ0v) is 18.1. The third-order valence-corrected chi connectivity index (χ3v) is 5.78. The number of nitrogens with zero attached hydrogens (tertiary/aromatic N) is 2. The van der Waals surface area contributed by atoms with Crippen molar-refractivity contribution in [3.63, 3.8) is 0 Å². The van der Waals surface area contributed by atoms with Crippen molar-refractivity contribution in [3.05, 3.63) is 83.4 Å². The standard InChI is InChI=1S/C24H19ClN2O2S/c1-28-20-12-13-21(29-2)18(14-20)15-26-24-27-22(16-8-10-19(25)11-9-16)23(30-24)17-6-4-3-5-7-17/h3-15H,1-2H3. The average molecular weight is 435 g/mol. The van der Waals surface area contributed by atoms with Crippen LogP contribution in [0.25, 0.3) is 21.7 Å². The summed E-state index contributed by atoms with van der Waals surface area (Å²) < 4.78 is 10.7. The van der Waals surface area contributed by atoms with Crippen molar-refractivity contribution >= 4 is 34.3 Å². The molecular formula is C24H19ClN2O2S. The number of thiazole rings is 1. The molecule has 0 saturated carbocycles. The third kappa shape index (κ3) is 4.37. The fourth-order valence-corrected chi connectivity index (χ4v) is 4.08. The lowest BCUT2D eigenvalue weighted by Gasteiger charge is -2.06. The summed E-state index contributed by atoms with van der Waals surface area (Å²) >= 11 is 7.61. The summed E-state index contributed by atoms with van der Waals surface area (Å²) in [4.78, 5) is 10.5. The summed E-state index contributed by atoms with van der Waals surface area (Å²) in [6, 6.07) is 23.5. The number of aromatic nitrogens is 1. The van der Waals surface area contributed by atoms with Crippen molar-refractivity contribution in [2.75, 3.05) is 14.2 Å². The minimum atomic E-state index is 0.656. The van der Waals surface area contributed by atoms with Gasteiger partial charge in [0.15, 0.2) is 0 Å². The topological polar surface area (TPSA) is 43.7 Å². The van der Waals surface area contributed by atoms with Crippen molar-refractivity contribution in [1.82, 2.24) is 4.98 Å². The lowest BCUT2D eigenvalue weighted by molar-refractivity contribution is 0.402. The minimum absolute atomic E-state index is 0.656. The minimum Gasteiger partial charge on any atom is -0.497 e. The maximum Gasteiger partial charge on any atom is 0.210 e. The normalized spacial score (nSPS) is 11.0. The van der Waals surface area contributed by atoms with E-state index in [0.29, 0.717) is 10.2 Å². The molecule has 0 aliphatic carbocycles. The number of halogens is 1. The van der Waals surface area contributed by atoms with E-state index in [-0.39, 0.29) is 0 Å². The molecule has 0 amide bonds. The quantitative estimate of drug-likeness (QED) is 0.310. The summed E-state index contributed by atoms with van der Waals surface area (Å²) in [5.74, 6) is 1.46. The van der Waals surface area contributed by atoms with Crippen LogP contribution in [0.4, 0.5) is 5.13 Å². The van der Waals surface area contributed by atoms with Gasteiger partial charge in [-0.3, -0.25) is 0 Å². The number of methoxy groups -OCH3 is 2. The SMILES string of the molecule is COc1ccc(OC)c(C=Nc2nc(-c3ccc(Cl)cc3)c(-c3ccccc3)s2)c1. The van der Waals surface area contributed by atoms with Crippen molar-refractivity contribution in [1.29, 1.82) is 0 Å². The van der Waals surface area contributed by atoms with E-state index < -0.39 is 0 Å². The van der Waals surface area contributed by atoms with Gasteiger partial charge in [-0.1, -0.05) is 65.4 Å².